The number of nitrogens with one attached hydrogen (secondary N) is 2. The van der Waals surface area contributed by atoms with Gasteiger partial charge in [-0.25, -0.2) is 9.37 Å². The van der Waals surface area contributed by atoms with E-state index in [1.54, 1.807) is 31.3 Å². The summed E-state index contributed by atoms with van der Waals surface area (Å²) in [6.07, 6.45) is 1.66. The molecule has 0 atom stereocenters. The fourth-order valence-corrected chi connectivity index (χ4v) is 2.01. The monoisotopic (exact) mass is 428 g/mol. The number of nitrogens with zero attached hydrogens (tertiary/aromatic N) is 2. The number of rotatable bonds is 4. The van der Waals surface area contributed by atoms with Crippen LogP contribution in [0.25, 0.3) is 0 Å². The van der Waals surface area contributed by atoms with Gasteiger partial charge in [-0.3, -0.25) is 0 Å². The number of halogens is 3. The van der Waals surface area contributed by atoms with Gasteiger partial charge in [0.25, 0.3) is 0 Å². The third kappa shape index (κ3) is 8.21. The van der Waals surface area contributed by atoms with Gasteiger partial charge in [0, 0.05) is 38.9 Å². The average Bonchev–Trinajstić information content (AvgIpc) is 2.58. The van der Waals surface area contributed by atoms with E-state index < -0.39 is 8.26 Å². The first-order chi connectivity index (χ1) is 12.7. The molecule has 1 heterocycles. The highest BCUT2D eigenvalue weighted by Crippen LogP contribution is 2.19. The van der Waals surface area contributed by atoms with Crippen LogP contribution in [0.3, 0.4) is 0 Å². The molecule has 0 saturated heterocycles. The maximum absolute atomic E-state index is 13.3. The third-order valence-electron chi connectivity index (χ3n) is 3.12. The minimum absolute atomic E-state index is 0.223. The van der Waals surface area contributed by atoms with Crippen molar-refractivity contribution in [3.8, 4) is 0 Å². The lowest BCUT2D eigenvalue weighted by atomic mass is 10.2. The summed E-state index contributed by atoms with van der Waals surface area (Å²) in [5.74, 6) is 0.911. The molecule has 0 aliphatic carbocycles. The van der Waals surface area contributed by atoms with E-state index >= 15 is 0 Å². The van der Waals surface area contributed by atoms with Crippen molar-refractivity contribution in [2.75, 3.05) is 10.6 Å². The largest absolute Gasteiger partial charge is 0.340 e. The molecule has 2 aromatic carbocycles. The fourth-order valence-electron chi connectivity index (χ4n) is 2.01. The van der Waals surface area contributed by atoms with Crippen molar-refractivity contribution in [3.05, 3.63) is 72.2 Å². The molecule has 142 valence electrons. The molecule has 0 radical (unpaired) electrons. The van der Waals surface area contributed by atoms with E-state index in [9.17, 15) is 4.39 Å². The van der Waals surface area contributed by atoms with Crippen molar-refractivity contribution in [2.24, 2.45) is 0 Å². The van der Waals surface area contributed by atoms with Gasteiger partial charge in [-0.05, 0) is 48.9 Å². The van der Waals surface area contributed by atoms with Crippen LogP contribution in [0.4, 0.5) is 27.5 Å². The lowest BCUT2D eigenvalue weighted by Gasteiger charge is -2.09. The summed E-state index contributed by atoms with van der Waals surface area (Å²) in [4.78, 5) is 8.57. The zero-order chi connectivity index (χ0) is 19.9. The van der Waals surface area contributed by atoms with Crippen LogP contribution in [-0.4, -0.2) is 18.4 Å². The van der Waals surface area contributed by atoms with Gasteiger partial charge < -0.3 is 10.6 Å². The molecule has 27 heavy (non-hydrogen) atoms. The van der Waals surface area contributed by atoms with E-state index in [1.807, 2.05) is 30.3 Å². The predicted molar refractivity (Wildman–Crippen MR) is 107 cm³/mol. The minimum Gasteiger partial charge on any atom is -0.340 e. The average molecular weight is 429 g/mol. The van der Waals surface area contributed by atoms with Gasteiger partial charge in [-0.15, -0.1) is 0 Å². The van der Waals surface area contributed by atoms with Crippen LogP contribution >= 0.6 is 21.4 Å². The Bertz CT molecular complexity index is 997. The second kappa shape index (κ2) is 9.50. The molecule has 0 amide bonds. The Morgan fingerprint density at radius 2 is 1.63 bits per heavy atom. The Kier molecular flexibility index (Phi) is 7.35. The van der Waals surface area contributed by atoms with E-state index in [0.29, 0.717) is 17.3 Å². The second-order valence-electron chi connectivity index (χ2n) is 5.22. The van der Waals surface area contributed by atoms with Crippen LogP contribution in [0.1, 0.15) is 5.56 Å². The van der Waals surface area contributed by atoms with Crippen LogP contribution in [0.2, 0.25) is 0 Å². The molecule has 10 heteroatoms. The Labute approximate surface area is 165 Å². The normalized spacial score (nSPS) is 10.5. The van der Waals surface area contributed by atoms with Crippen LogP contribution in [0.15, 0.2) is 60.8 Å². The van der Waals surface area contributed by atoms with Crippen molar-refractivity contribution in [2.45, 2.75) is 6.92 Å². The first-order valence-electron chi connectivity index (χ1n) is 7.53. The lowest BCUT2D eigenvalue weighted by Crippen LogP contribution is -2.00. The summed E-state index contributed by atoms with van der Waals surface area (Å²) >= 11 is 0. The van der Waals surface area contributed by atoms with Crippen LogP contribution in [0.5, 0.6) is 0 Å². The molecule has 0 saturated carbocycles. The quantitative estimate of drug-likeness (QED) is 0.560. The number of hydrogen-bond donors (Lipinski definition) is 2. The zero-order valence-corrected chi connectivity index (χ0v) is 16.4. The van der Waals surface area contributed by atoms with Gasteiger partial charge >= 0.3 is 8.26 Å². The summed E-state index contributed by atoms with van der Waals surface area (Å²) in [7, 11) is 4.81. The molecule has 0 bridgehead atoms. The molecule has 0 unspecified atom stereocenters. The smallest absolute Gasteiger partial charge is 0.317 e. The summed E-state index contributed by atoms with van der Waals surface area (Å²) in [5.41, 5.74) is 2.28. The molecule has 0 aliphatic rings. The number of para-hydroxylation sites is 1. The predicted octanol–water partition coefficient (Wildman–Crippen LogP) is 5.12. The summed E-state index contributed by atoms with van der Waals surface area (Å²) in [6.45, 7) is 1.73. The van der Waals surface area contributed by atoms with Crippen LogP contribution < -0.4 is 10.6 Å². The van der Waals surface area contributed by atoms with Gasteiger partial charge in [0.1, 0.15) is 11.6 Å². The zero-order valence-electron chi connectivity index (χ0n) is 14.0. The Hall–Kier alpha value is -2.42. The summed E-state index contributed by atoms with van der Waals surface area (Å²) < 4.78 is 31.6. The van der Waals surface area contributed by atoms with Gasteiger partial charge in [0.05, 0.1) is 0 Å². The fraction of sp³-hybridized carbons (Fsp3) is 0.0588. The maximum atomic E-state index is 13.3. The molecule has 0 fully saturated rings. The summed E-state index contributed by atoms with van der Waals surface area (Å²) in [6, 6.07) is 16.3. The molecule has 0 aliphatic heterocycles. The molecule has 0 spiro atoms. The molecule has 2 N–H and O–H groups in total. The van der Waals surface area contributed by atoms with Gasteiger partial charge in [-0.1, -0.05) is 18.2 Å². The van der Waals surface area contributed by atoms with Crippen molar-refractivity contribution in [3.63, 3.8) is 0 Å². The van der Waals surface area contributed by atoms with E-state index in [1.165, 1.54) is 6.07 Å². The molecular formula is C17H15Cl2FN4O2S. The van der Waals surface area contributed by atoms with Crippen molar-refractivity contribution in [1.82, 2.24) is 9.97 Å². The molecule has 3 aromatic rings. The van der Waals surface area contributed by atoms with Crippen molar-refractivity contribution in [1.29, 1.82) is 0 Å². The van der Waals surface area contributed by atoms with Gasteiger partial charge in [0.15, 0.2) is 0 Å². The standard InChI is InChI=1S/C17H15FN4.Cl2O2S/c1-12-11-14(7-8-15(12)18)20-16-9-10-19-17(22-16)21-13-5-3-2-4-6-13;1-5(2,3)4/h2-11H,1H3,(H2,19,20,21,22);. The van der Waals surface area contributed by atoms with Crippen molar-refractivity contribution < 1.29 is 12.8 Å². The highest BCUT2D eigenvalue weighted by atomic mass is 36.0. The Balaban J connectivity index is 0.000000465. The molecule has 6 nitrogen and oxygen atoms in total. The Morgan fingerprint density at radius 1 is 0.963 bits per heavy atom. The van der Waals surface area contributed by atoms with Crippen LogP contribution in [0, 0.1) is 12.7 Å². The highest BCUT2D eigenvalue weighted by Gasteiger charge is 2.03. The van der Waals surface area contributed by atoms with Crippen LogP contribution in [-0.2, 0) is 8.26 Å². The first kappa shape index (κ1) is 20.9. The minimum atomic E-state index is -3.72. The Morgan fingerprint density at radius 3 is 2.26 bits per heavy atom. The third-order valence-corrected chi connectivity index (χ3v) is 3.12. The van der Waals surface area contributed by atoms with Gasteiger partial charge in [-0.2, -0.15) is 13.4 Å². The number of anilines is 4. The van der Waals surface area contributed by atoms with E-state index in [2.05, 4.69) is 42.0 Å². The van der Waals surface area contributed by atoms with E-state index in [-0.39, 0.29) is 5.82 Å². The molecule has 1 aromatic heterocycles. The SMILES string of the molecule is Cc1cc(Nc2ccnc(Nc3ccccc3)n2)ccc1F.O=S(=O)(Cl)Cl. The van der Waals surface area contributed by atoms with E-state index in [4.69, 9.17) is 8.42 Å². The highest BCUT2D eigenvalue weighted by molar-refractivity contribution is 8.31. The molecule has 3 rings (SSSR count). The second-order valence-corrected chi connectivity index (χ2v) is 8.89. The van der Waals surface area contributed by atoms with Crippen molar-refractivity contribution >= 4 is 52.8 Å². The number of aryl methyl sites for hydroxylation is 1. The lowest BCUT2D eigenvalue weighted by molar-refractivity contribution is 0.618. The summed E-state index contributed by atoms with van der Waals surface area (Å²) in [5, 5.41) is 6.27. The molecular weight excluding hydrogens is 414 g/mol. The number of aromatic nitrogens is 2. The number of benzene rings is 2. The van der Waals surface area contributed by atoms with E-state index in [0.717, 1.165) is 11.4 Å². The van der Waals surface area contributed by atoms with Gasteiger partial charge in [0.2, 0.25) is 5.95 Å². The topological polar surface area (TPSA) is 84.0 Å². The number of hydrogen-bond acceptors (Lipinski definition) is 6. The maximum Gasteiger partial charge on any atom is 0.317 e. The first-order valence-corrected chi connectivity index (χ1v) is 10.7.